The van der Waals surface area contributed by atoms with E-state index in [4.69, 9.17) is 0 Å². The van der Waals surface area contributed by atoms with Gasteiger partial charge in [0.05, 0.1) is 6.04 Å². The number of fused-ring (bicyclic) bond motifs is 1. The summed E-state index contributed by atoms with van der Waals surface area (Å²) in [4.78, 5) is 40.8. The summed E-state index contributed by atoms with van der Waals surface area (Å²) in [6.07, 6.45) is 0. The predicted molar refractivity (Wildman–Crippen MR) is 138 cm³/mol. The van der Waals surface area contributed by atoms with Crippen molar-refractivity contribution in [3.05, 3.63) is 135 Å². The van der Waals surface area contributed by atoms with Crippen molar-refractivity contribution in [1.82, 2.24) is 4.90 Å². The highest BCUT2D eigenvalue weighted by atomic mass is 79.9. The molecule has 4 aromatic carbocycles. The molecule has 178 valence electrons. The van der Waals surface area contributed by atoms with E-state index < -0.39 is 11.9 Å². The normalized spacial score (nSPS) is 15.0. The lowest BCUT2D eigenvalue weighted by atomic mass is 9.95. The average Bonchev–Trinajstić information content (AvgIpc) is 3.04. The Morgan fingerprint density at radius 3 is 2.17 bits per heavy atom. The van der Waals surface area contributed by atoms with E-state index in [-0.39, 0.29) is 24.1 Å². The lowest BCUT2D eigenvalue weighted by molar-refractivity contribution is -0.117. The number of amides is 2. The average molecular weight is 543 g/mol. The number of anilines is 1. The fourth-order valence-electron chi connectivity index (χ4n) is 4.36. The zero-order chi connectivity index (χ0) is 25.2. The van der Waals surface area contributed by atoms with Crippen LogP contribution in [0.15, 0.2) is 102 Å². The van der Waals surface area contributed by atoms with Crippen molar-refractivity contribution in [1.29, 1.82) is 0 Å². The van der Waals surface area contributed by atoms with Gasteiger partial charge in [-0.15, -0.1) is 0 Å². The Morgan fingerprint density at radius 1 is 0.833 bits per heavy atom. The molecule has 5 nitrogen and oxygen atoms in total. The van der Waals surface area contributed by atoms with E-state index in [1.807, 2.05) is 12.1 Å². The first-order valence-corrected chi connectivity index (χ1v) is 12.1. The third kappa shape index (κ3) is 4.70. The Labute approximate surface area is 215 Å². The summed E-state index contributed by atoms with van der Waals surface area (Å²) in [7, 11) is 0. The molecular formula is C29H20BrFN2O3. The minimum Gasteiger partial charge on any atom is -0.324 e. The van der Waals surface area contributed by atoms with Gasteiger partial charge in [0.15, 0.2) is 5.78 Å². The van der Waals surface area contributed by atoms with Crippen LogP contribution in [0, 0.1) is 5.82 Å². The van der Waals surface area contributed by atoms with Crippen molar-refractivity contribution in [2.45, 2.75) is 6.04 Å². The summed E-state index contributed by atoms with van der Waals surface area (Å²) in [6, 6.07) is 26.0. The molecule has 1 aliphatic rings. The van der Waals surface area contributed by atoms with E-state index in [2.05, 4.69) is 21.2 Å². The molecule has 0 aliphatic carbocycles. The number of nitrogens with zero attached hydrogens (tertiary/aromatic N) is 1. The molecule has 7 heteroatoms. The number of nitrogens with one attached hydrogen (secondary N) is 1. The maximum absolute atomic E-state index is 13.8. The number of hydrogen-bond donors (Lipinski definition) is 1. The second kappa shape index (κ2) is 9.87. The third-order valence-corrected chi connectivity index (χ3v) is 6.58. The van der Waals surface area contributed by atoms with Gasteiger partial charge in [0.2, 0.25) is 5.91 Å². The van der Waals surface area contributed by atoms with Crippen molar-refractivity contribution in [2.24, 2.45) is 0 Å². The number of rotatable bonds is 4. The largest absolute Gasteiger partial charge is 0.324 e. The van der Waals surface area contributed by atoms with Crippen LogP contribution >= 0.6 is 15.9 Å². The highest BCUT2D eigenvalue weighted by Crippen LogP contribution is 2.38. The fourth-order valence-corrected chi connectivity index (χ4v) is 4.74. The maximum Gasteiger partial charge on any atom is 0.255 e. The molecule has 1 heterocycles. The number of ketones is 1. The van der Waals surface area contributed by atoms with E-state index in [1.165, 1.54) is 17.0 Å². The van der Waals surface area contributed by atoms with Crippen LogP contribution in [0.25, 0.3) is 0 Å². The van der Waals surface area contributed by atoms with E-state index in [1.54, 1.807) is 72.8 Å². The van der Waals surface area contributed by atoms with Crippen LogP contribution in [-0.4, -0.2) is 29.0 Å². The summed E-state index contributed by atoms with van der Waals surface area (Å²) in [5.74, 6) is -1.27. The van der Waals surface area contributed by atoms with Crippen LogP contribution in [-0.2, 0) is 4.79 Å². The summed E-state index contributed by atoms with van der Waals surface area (Å²) >= 11 is 3.48. The SMILES string of the molecule is O=C1CN(C(=O)c2ccc(C(=O)c3ccccc3)cc2)[C@@H](c2ccc(F)cc2)c2cc(Br)ccc2N1. The molecule has 2 amide bonds. The summed E-state index contributed by atoms with van der Waals surface area (Å²) in [5.41, 5.74) is 3.28. The molecule has 0 radical (unpaired) electrons. The van der Waals surface area contributed by atoms with Gasteiger partial charge < -0.3 is 10.2 Å². The lowest BCUT2D eigenvalue weighted by Gasteiger charge is -2.31. The Hall–Kier alpha value is -4.10. The van der Waals surface area contributed by atoms with Gasteiger partial charge in [0.1, 0.15) is 12.4 Å². The van der Waals surface area contributed by atoms with Gasteiger partial charge in [-0.3, -0.25) is 14.4 Å². The summed E-state index contributed by atoms with van der Waals surface area (Å²) in [5, 5.41) is 2.87. The number of halogens is 2. The van der Waals surface area contributed by atoms with Crippen LogP contribution in [0.2, 0.25) is 0 Å². The molecule has 0 bridgehead atoms. The zero-order valence-corrected chi connectivity index (χ0v) is 20.5. The molecule has 0 spiro atoms. The highest BCUT2D eigenvalue weighted by Gasteiger charge is 2.34. The molecule has 0 fully saturated rings. The maximum atomic E-state index is 13.8. The Kier molecular flexibility index (Phi) is 6.48. The van der Waals surface area contributed by atoms with Gasteiger partial charge in [0.25, 0.3) is 5.91 Å². The molecule has 5 rings (SSSR count). The van der Waals surface area contributed by atoms with Crippen molar-refractivity contribution in [3.8, 4) is 0 Å². The van der Waals surface area contributed by atoms with Gasteiger partial charge in [-0.05, 0) is 48.0 Å². The van der Waals surface area contributed by atoms with E-state index >= 15 is 0 Å². The van der Waals surface area contributed by atoms with Crippen LogP contribution in [0.3, 0.4) is 0 Å². The van der Waals surface area contributed by atoms with Crippen LogP contribution < -0.4 is 5.32 Å². The first kappa shape index (κ1) is 23.6. The molecular weight excluding hydrogens is 523 g/mol. The monoisotopic (exact) mass is 542 g/mol. The molecule has 1 aliphatic heterocycles. The van der Waals surface area contributed by atoms with Crippen molar-refractivity contribution >= 4 is 39.2 Å². The van der Waals surface area contributed by atoms with Crippen LogP contribution in [0.1, 0.15) is 43.4 Å². The molecule has 0 saturated heterocycles. The number of carbonyl (C=O) groups is 3. The van der Waals surface area contributed by atoms with Crippen molar-refractivity contribution in [3.63, 3.8) is 0 Å². The first-order valence-electron chi connectivity index (χ1n) is 11.3. The third-order valence-electron chi connectivity index (χ3n) is 6.08. The van der Waals surface area contributed by atoms with Gasteiger partial charge >= 0.3 is 0 Å². The molecule has 0 aromatic heterocycles. The lowest BCUT2D eigenvalue weighted by Crippen LogP contribution is -2.39. The second-order valence-electron chi connectivity index (χ2n) is 8.44. The van der Waals surface area contributed by atoms with Crippen molar-refractivity contribution in [2.75, 3.05) is 11.9 Å². The zero-order valence-electron chi connectivity index (χ0n) is 18.9. The number of carbonyl (C=O) groups excluding carboxylic acids is 3. The molecule has 36 heavy (non-hydrogen) atoms. The van der Waals surface area contributed by atoms with E-state index in [0.717, 1.165) is 4.47 Å². The first-order chi connectivity index (χ1) is 17.4. The standard InChI is InChI=1S/C29H20BrFN2O3/c30-22-12-15-25-24(16-22)27(18-10-13-23(31)14-11-18)33(17-26(34)32-25)29(36)21-8-6-20(7-9-21)28(35)19-4-2-1-3-5-19/h1-16,27H,17H2,(H,32,34)/t27-/m0/s1. The minimum atomic E-state index is -0.643. The van der Waals surface area contributed by atoms with Gasteiger partial charge in [-0.2, -0.15) is 0 Å². The number of hydrogen-bond acceptors (Lipinski definition) is 3. The molecule has 0 unspecified atom stereocenters. The Balaban J connectivity index is 1.54. The summed E-state index contributed by atoms with van der Waals surface area (Å²) in [6.45, 7) is -0.197. The fraction of sp³-hybridized carbons (Fsp3) is 0.0690. The topological polar surface area (TPSA) is 66.5 Å². The predicted octanol–water partition coefficient (Wildman–Crippen LogP) is 6.00. The molecule has 4 aromatic rings. The van der Waals surface area contributed by atoms with Crippen LogP contribution in [0.4, 0.5) is 10.1 Å². The molecule has 0 saturated carbocycles. The molecule has 1 N–H and O–H groups in total. The van der Waals surface area contributed by atoms with Gasteiger partial charge in [-0.25, -0.2) is 4.39 Å². The Morgan fingerprint density at radius 2 is 1.47 bits per heavy atom. The van der Waals surface area contributed by atoms with Crippen LogP contribution in [0.5, 0.6) is 0 Å². The van der Waals surface area contributed by atoms with E-state index in [0.29, 0.717) is 33.5 Å². The quantitative estimate of drug-likeness (QED) is 0.321. The summed E-state index contributed by atoms with van der Waals surface area (Å²) < 4.78 is 14.5. The van der Waals surface area contributed by atoms with Gasteiger partial charge in [0, 0.05) is 32.4 Å². The number of benzene rings is 4. The molecule has 1 atom stereocenters. The van der Waals surface area contributed by atoms with Gasteiger partial charge in [-0.1, -0.05) is 70.5 Å². The Bertz CT molecular complexity index is 1450. The van der Waals surface area contributed by atoms with Crippen molar-refractivity contribution < 1.29 is 18.8 Å². The smallest absolute Gasteiger partial charge is 0.255 e. The second-order valence-corrected chi connectivity index (χ2v) is 9.36. The highest BCUT2D eigenvalue weighted by molar-refractivity contribution is 9.10. The van der Waals surface area contributed by atoms with E-state index in [9.17, 15) is 18.8 Å². The minimum absolute atomic E-state index is 0.147.